The maximum absolute atomic E-state index is 10.7. The zero-order valence-corrected chi connectivity index (χ0v) is 22.0. The molecule has 6 N–H and O–H groups in total. The van der Waals surface area contributed by atoms with Crippen LogP contribution in [0.2, 0.25) is 0 Å². The number of anilines is 2. The summed E-state index contributed by atoms with van der Waals surface area (Å²) in [6.07, 6.45) is -3.35. The third-order valence-corrected chi connectivity index (χ3v) is 7.10. The van der Waals surface area contributed by atoms with Crippen molar-refractivity contribution in [1.82, 2.24) is 19.5 Å². The van der Waals surface area contributed by atoms with E-state index in [0.717, 1.165) is 28.0 Å². The van der Waals surface area contributed by atoms with Crippen molar-refractivity contribution in [3.8, 4) is 16.9 Å². The van der Waals surface area contributed by atoms with Crippen molar-refractivity contribution in [2.24, 2.45) is 0 Å². The number of benzene rings is 3. The van der Waals surface area contributed by atoms with Gasteiger partial charge in [-0.2, -0.15) is 0 Å². The van der Waals surface area contributed by atoms with Crippen LogP contribution in [0.3, 0.4) is 0 Å². The number of nitrogen functional groups attached to an aromatic ring is 1. The molecule has 6 rings (SSSR count). The molecule has 1 fully saturated rings. The molecule has 0 unspecified atom stereocenters. The largest absolute Gasteiger partial charge is 0.488 e. The highest BCUT2D eigenvalue weighted by Gasteiger charge is 2.45. The van der Waals surface area contributed by atoms with Crippen LogP contribution in [0.25, 0.3) is 22.3 Å². The predicted molar refractivity (Wildman–Crippen MR) is 153 cm³/mol. The highest BCUT2D eigenvalue weighted by Crippen LogP contribution is 2.36. The fraction of sp³-hybridized carbons (Fsp3) is 0.233. The normalized spacial score (nSPS) is 20.4. The molecule has 210 valence electrons. The van der Waals surface area contributed by atoms with Crippen LogP contribution in [-0.4, -0.2) is 59.8 Å². The third-order valence-electron chi connectivity index (χ3n) is 7.10. The van der Waals surface area contributed by atoms with Crippen molar-refractivity contribution in [3.05, 3.63) is 96.3 Å². The molecule has 0 amide bonds. The molecule has 5 aromatic rings. The number of ether oxygens (including phenoxy) is 2. The van der Waals surface area contributed by atoms with Gasteiger partial charge in [0.15, 0.2) is 23.2 Å². The average molecular weight is 555 g/mol. The minimum atomic E-state index is -1.33. The number of nitrogens with zero attached hydrogens (tertiary/aromatic N) is 4. The summed E-state index contributed by atoms with van der Waals surface area (Å²) in [4.78, 5) is 12.9. The second-order valence-corrected chi connectivity index (χ2v) is 9.79. The Bertz CT molecular complexity index is 1630. The van der Waals surface area contributed by atoms with Gasteiger partial charge in [0.1, 0.15) is 37.0 Å². The van der Waals surface area contributed by atoms with E-state index in [2.05, 4.69) is 20.3 Å². The lowest BCUT2D eigenvalue weighted by Gasteiger charge is -2.20. The molecule has 1 aliphatic rings. The van der Waals surface area contributed by atoms with Crippen LogP contribution in [0.15, 0.2) is 85.2 Å². The van der Waals surface area contributed by atoms with Gasteiger partial charge in [0.05, 0.1) is 6.61 Å². The maximum atomic E-state index is 10.7. The van der Waals surface area contributed by atoms with Gasteiger partial charge in [-0.05, 0) is 22.8 Å². The summed E-state index contributed by atoms with van der Waals surface area (Å²) in [6, 6.07) is 26.0. The lowest BCUT2D eigenvalue weighted by Crippen LogP contribution is -2.33. The van der Waals surface area contributed by atoms with Gasteiger partial charge in [-0.3, -0.25) is 4.57 Å². The first-order valence-electron chi connectivity index (χ1n) is 13.2. The van der Waals surface area contributed by atoms with Crippen molar-refractivity contribution >= 4 is 22.9 Å². The lowest BCUT2D eigenvalue weighted by atomic mass is 10.0. The first-order chi connectivity index (χ1) is 20.0. The van der Waals surface area contributed by atoms with Crippen molar-refractivity contribution in [2.45, 2.75) is 37.7 Å². The number of aromatic nitrogens is 4. The van der Waals surface area contributed by atoms with Gasteiger partial charge in [-0.25, -0.2) is 15.0 Å². The van der Waals surface area contributed by atoms with Crippen LogP contribution in [0, 0.1) is 0 Å². The molecule has 0 saturated carbocycles. The van der Waals surface area contributed by atoms with Gasteiger partial charge in [0.25, 0.3) is 0 Å². The van der Waals surface area contributed by atoms with E-state index in [4.69, 9.17) is 15.2 Å². The number of imidazole rings is 1. The molecule has 2 aromatic heterocycles. The van der Waals surface area contributed by atoms with Gasteiger partial charge >= 0.3 is 0 Å². The smallest absolute Gasteiger partial charge is 0.207 e. The quantitative estimate of drug-likeness (QED) is 0.183. The van der Waals surface area contributed by atoms with E-state index in [9.17, 15) is 15.3 Å². The monoisotopic (exact) mass is 554 g/mol. The van der Waals surface area contributed by atoms with Gasteiger partial charge in [0, 0.05) is 12.1 Å². The SMILES string of the molecule is Nc1ncnc2c1nc(NCc1ccc(-c3ccccc3)c(OCc3ccccc3)c1)n2[C@@H]1O[C@H](CO)[C@@H](O)[C@H]1O. The molecule has 0 spiro atoms. The number of hydrogen-bond acceptors (Lipinski definition) is 10. The Labute approximate surface area is 235 Å². The zero-order chi connectivity index (χ0) is 28.3. The lowest BCUT2D eigenvalue weighted by molar-refractivity contribution is -0.0501. The molecule has 1 aliphatic heterocycles. The molecule has 4 atom stereocenters. The van der Waals surface area contributed by atoms with Gasteiger partial charge in [-0.1, -0.05) is 72.8 Å². The first kappa shape index (κ1) is 26.7. The highest BCUT2D eigenvalue weighted by atomic mass is 16.6. The number of aliphatic hydroxyl groups is 3. The highest BCUT2D eigenvalue weighted by molar-refractivity contribution is 5.84. The van der Waals surface area contributed by atoms with Crippen LogP contribution in [0.4, 0.5) is 11.8 Å². The second-order valence-electron chi connectivity index (χ2n) is 9.79. The van der Waals surface area contributed by atoms with Crippen LogP contribution < -0.4 is 15.8 Å². The molecule has 11 nitrogen and oxygen atoms in total. The van der Waals surface area contributed by atoms with E-state index in [0.29, 0.717) is 30.3 Å². The van der Waals surface area contributed by atoms with Crippen LogP contribution in [0.1, 0.15) is 17.4 Å². The minimum Gasteiger partial charge on any atom is -0.488 e. The third kappa shape index (κ3) is 5.31. The van der Waals surface area contributed by atoms with Gasteiger partial charge in [-0.15, -0.1) is 0 Å². The summed E-state index contributed by atoms with van der Waals surface area (Å²) in [6.45, 7) is 0.291. The number of nitrogens with two attached hydrogens (primary N) is 1. The maximum Gasteiger partial charge on any atom is 0.207 e. The summed E-state index contributed by atoms with van der Waals surface area (Å²) in [7, 11) is 0. The second kappa shape index (κ2) is 11.5. The fourth-order valence-corrected chi connectivity index (χ4v) is 4.95. The number of aliphatic hydroxyl groups excluding tert-OH is 3. The molecule has 0 bridgehead atoms. The zero-order valence-electron chi connectivity index (χ0n) is 22.0. The predicted octanol–water partition coefficient (Wildman–Crippen LogP) is 2.88. The Morgan fingerprint density at radius 3 is 2.41 bits per heavy atom. The Kier molecular flexibility index (Phi) is 7.49. The molecule has 3 aromatic carbocycles. The van der Waals surface area contributed by atoms with Gasteiger partial charge in [0.2, 0.25) is 5.95 Å². The molecule has 0 radical (unpaired) electrons. The number of hydrogen-bond donors (Lipinski definition) is 5. The summed E-state index contributed by atoms with van der Waals surface area (Å²) in [5.41, 5.74) is 10.7. The molecular weight excluding hydrogens is 524 g/mol. The van der Waals surface area contributed by atoms with Crippen LogP contribution in [0.5, 0.6) is 5.75 Å². The molecule has 41 heavy (non-hydrogen) atoms. The molecular formula is C30H30N6O5. The molecule has 3 heterocycles. The van der Waals surface area contributed by atoms with Crippen molar-refractivity contribution in [3.63, 3.8) is 0 Å². The van der Waals surface area contributed by atoms with Crippen molar-refractivity contribution < 1.29 is 24.8 Å². The van der Waals surface area contributed by atoms with Crippen molar-refractivity contribution in [2.75, 3.05) is 17.7 Å². The Morgan fingerprint density at radius 2 is 1.68 bits per heavy atom. The number of nitrogens with one attached hydrogen (secondary N) is 1. The van der Waals surface area contributed by atoms with Crippen LogP contribution >= 0.6 is 0 Å². The van der Waals surface area contributed by atoms with Gasteiger partial charge < -0.3 is 35.8 Å². The first-order valence-corrected chi connectivity index (χ1v) is 13.2. The Morgan fingerprint density at radius 1 is 0.927 bits per heavy atom. The summed E-state index contributed by atoms with van der Waals surface area (Å²) >= 11 is 0. The summed E-state index contributed by atoms with van der Waals surface area (Å²) < 4.78 is 13.6. The van der Waals surface area contributed by atoms with Crippen molar-refractivity contribution in [1.29, 1.82) is 0 Å². The topological polar surface area (TPSA) is 161 Å². The van der Waals surface area contributed by atoms with E-state index in [1.54, 1.807) is 0 Å². The van der Waals surface area contributed by atoms with Crippen LogP contribution in [-0.2, 0) is 17.9 Å². The minimum absolute atomic E-state index is 0.160. The molecule has 11 heteroatoms. The number of rotatable bonds is 9. The molecule has 1 saturated heterocycles. The van der Waals surface area contributed by atoms with E-state index >= 15 is 0 Å². The Hall–Kier alpha value is -4.55. The van der Waals surface area contributed by atoms with E-state index in [1.165, 1.54) is 10.9 Å². The fourth-order valence-electron chi connectivity index (χ4n) is 4.95. The standard InChI is InChI=1S/C30H30N6O5/c31-27-24-28(34-17-33-27)36(29-26(39)25(38)23(15-37)41-29)30(35-24)32-14-19-11-12-21(20-9-5-2-6-10-20)22(13-19)40-16-18-7-3-1-4-8-18/h1-13,17,23,25-26,29,37-39H,14-16H2,(H,32,35)(H2,31,33,34)/t23-,25-,26-,29-/m1/s1. The van der Waals surface area contributed by atoms with E-state index in [-0.39, 0.29) is 5.82 Å². The summed E-state index contributed by atoms with van der Waals surface area (Å²) in [5, 5.41) is 34.0. The van der Waals surface area contributed by atoms with E-state index < -0.39 is 31.1 Å². The summed E-state index contributed by atoms with van der Waals surface area (Å²) in [5.74, 6) is 1.19. The van der Waals surface area contributed by atoms with E-state index in [1.807, 2.05) is 78.9 Å². The molecule has 0 aliphatic carbocycles. The Balaban J connectivity index is 1.31. The average Bonchev–Trinajstić information content (AvgIpc) is 3.52. The number of fused-ring (bicyclic) bond motifs is 1.